The molecule has 0 aliphatic rings. The summed E-state index contributed by atoms with van der Waals surface area (Å²) in [6.07, 6.45) is 0.393. The first kappa shape index (κ1) is 12.2. The molecule has 0 bridgehead atoms. The molecule has 3 rings (SSSR count). The second kappa shape index (κ2) is 5.73. The largest absolute Gasteiger partial charge is 0.220 e. The van der Waals surface area contributed by atoms with Crippen molar-refractivity contribution in [3.05, 3.63) is 64.8 Å². The Morgan fingerprint density at radius 2 is 1.79 bits per heavy atom. The number of nitrogens with zero attached hydrogens (tertiary/aromatic N) is 1. The fourth-order valence-electron chi connectivity index (χ4n) is 3.21. The molecular weight excluding hydrogens is 290 g/mol. The fraction of sp³-hybridized carbons (Fsp3) is 0.348. The van der Waals surface area contributed by atoms with Gasteiger partial charge in [0.05, 0.1) is 10.9 Å². The molecule has 0 aliphatic heterocycles. The van der Waals surface area contributed by atoms with E-state index in [4.69, 9.17) is 5.48 Å². The molecule has 1 nitrogen and oxygen atoms in total. The van der Waals surface area contributed by atoms with Crippen LogP contribution >= 0.6 is 0 Å². The summed E-state index contributed by atoms with van der Waals surface area (Å²) < 4.78 is 33.8. The van der Waals surface area contributed by atoms with E-state index in [1.165, 1.54) is 5.56 Å². The van der Waals surface area contributed by atoms with Gasteiger partial charge in [-0.3, -0.25) is 0 Å². The summed E-state index contributed by atoms with van der Waals surface area (Å²) >= 11 is 0. The topological polar surface area (TPSA) is 3.88 Å². The third kappa shape index (κ3) is 2.84. The van der Waals surface area contributed by atoms with Crippen LogP contribution in [0.15, 0.2) is 42.6 Å². The molecule has 0 atom stereocenters. The molecule has 0 unspecified atom stereocenters. The van der Waals surface area contributed by atoms with Gasteiger partial charge in [0.2, 0.25) is 5.69 Å². The van der Waals surface area contributed by atoms with Gasteiger partial charge in [-0.25, -0.2) is 4.57 Å². The van der Waals surface area contributed by atoms with E-state index < -0.39 is 6.85 Å². The van der Waals surface area contributed by atoms with Crippen molar-refractivity contribution in [3.8, 4) is 11.3 Å². The smallest absolute Gasteiger partial charge is 0.200 e. The van der Waals surface area contributed by atoms with Gasteiger partial charge in [-0.15, -0.1) is 0 Å². The minimum atomic E-state index is -2.17. The minimum absolute atomic E-state index is 0.0161. The van der Waals surface area contributed by atoms with Gasteiger partial charge in [-0.05, 0) is 60.3 Å². The summed E-state index contributed by atoms with van der Waals surface area (Å²) in [5, 5.41) is 2.03. The molecule has 0 spiro atoms. The molecule has 0 amide bonds. The lowest BCUT2D eigenvalue weighted by molar-refractivity contribution is -0.659. The number of hydrogen-bond donors (Lipinski definition) is 0. The molecule has 0 saturated heterocycles. The van der Waals surface area contributed by atoms with Gasteiger partial charge in [-0.2, -0.15) is 0 Å². The van der Waals surface area contributed by atoms with E-state index >= 15 is 0 Å². The van der Waals surface area contributed by atoms with Crippen molar-refractivity contribution in [2.75, 3.05) is 0 Å². The lowest BCUT2D eigenvalue weighted by atomic mass is 9.85. The van der Waals surface area contributed by atoms with E-state index in [2.05, 4.69) is 39.0 Å². The van der Waals surface area contributed by atoms with E-state index in [9.17, 15) is 0 Å². The van der Waals surface area contributed by atoms with Crippen molar-refractivity contribution in [1.29, 1.82) is 0 Å². The highest BCUT2D eigenvalue weighted by atomic mass is 14.9. The lowest BCUT2D eigenvalue weighted by Gasteiger charge is -2.20. The van der Waals surface area contributed by atoms with Gasteiger partial charge < -0.3 is 0 Å². The van der Waals surface area contributed by atoms with Crippen LogP contribution in [0.3, 0.4) is 0 Å². The summed E-state index contributed by atoms with van der Waals surface area (Å²) in [6.45, 7) is 8.31. The molecule has 124 valence electrons. The zero-order valence-corrected chi connectivity index (χ0v) is 15.4. The normalized spacial score (nSPS) is 14.9. The third-order valence-corrected chi connectivity index (χ3v) is 4.84. The number of pyridine rings is 1. The van der Waals surface area contributed by atoms with Crippen LogP contribution < -0.4 is 4.57 Å². The summed E-state index contributed by atoms with van der Waals surface area (Å²) in [4.78, 5) is 0. The summed E-state index contributed by atoms with van der Waals surface area (Å²) in [6, 6.07) is 11.8. The molecule has 1 heterocycles. The summed E-state index contributed by atoms with van der Waals surface area (Å²) in [5.41, 5.74) is 5.30. The van der Waals surface area contributed by atoms with Crippen LogP contribution in [0.1, 0.15) is 48.5 Å². The first-order chi connectivity index (χ1) is 12.8. The Hall–Kier alpha value is -2.15. The van der Waals surface area contributed by atoms with Gasteiger partial charge in [0, 0.05) is 10.2 Å². The molecular formula is C23H28N+. The number of aryl methyl sites for hydroxylation is 2. The highest BCUT2D eigenvalue weighted by Gasteiger charge is 2.20. The maximum absolute atomic E-state index is 8.47. The van der Waals surface area contributed by atoms with Crippen molar-refractivity contribution >= 4 is 10.8 Å². The van der Waals surface area contributed by atoms with Crippen LogP contribution in [0, 0.1) is 20.7 Å². The SMILES string of the molecule is [2H]c1cc2cc(C(C)(C)C)ccc2c(-c2cc(C([2H])([2H])[2H])cc(C)c2C)[n+]1C. The number of rotatable bonds is 1. The van der Waals surface area contributed by atoms with Crippen LogP contribution in [0.2, 0.25) is 0 Å². The molecule has 0 radical (unpaired) electrons. The highest BCUT2D eigenvalue weighted by molar-refractivity contribution is 5.94. The van der Waals surface area contributed by atoms with Crippen molar-refractivity contribution in [2.24, 2.45) is 7.05 Å². The molecule has 2 aromatic carbocycles. The minimum Gasteiger partial charge on any atom is -0.200 e. The van der Waals surface area contributed by atoms with Crippen molar-refractivity contribution in [2.45, 2.75) is 46.9 Å². The molecule has 3 aromatic rings. The highest BCUT2D eigenvalue weighted by Crippen LogP contribution is 2.32. The van der Waals surface area contributed by atoms with Crippen LogP contribution in [0.25, 0.3) is 22.0 Å². The Labute approximate surface area is 151 Å². The second-order valence-electron chi connectivity index (χ2n) is 7.70. The van der Waals surface area contributed by atoms with Crippen LogP contribution in [0.5, 0.6) is 0 Å². The van der Waals surface area contributed by atoms with E-state index in [-0.39, 0.29) is 5.41 Å². The Morgan fingerprint density at radius 1 is 1.04 bits per heavy atom. The van der Waals surface area contributed by atoms with Gasteiger partial charge in [-0.1, -0.05) is 44.5 Å². The average Bonchev–Trinajstić information content (AvgIpc) is 2.56. The fourth-order valence-corrected chi connectivity index (χ4v) is 3.21. The Bertz CT molecular complexity index is 1070. The van der Waals surface area contributed by atoms with Gasteiger partial charge >= 0.3 is 0 Å². The Balaban J connectivity index is 2.41. The first-order valence-electron chi connectivity index (χ1n) is 10.4. The van der Waals surface area contributed by atoms with E-state index in [0.717, 1.165) is 33.2 Å². The number of hydrogen-bond acceptors (Lipinski definition) is 0. The third-order valence-electron chi connectivity index (χ3n) is 4.84. The monoisotopic (exact) mass is 322 g/mol. The molecule has 0 N–H and O–H groups in total. The van der Waals surface area contributed by atoms with Gasteiger partial charge in [0.25, 0.3) is 0 Å². The maximum Gasteiger partial charge on any atom is 0.220 e. The zero-order chi connectivity index (χ0) is 21.0. The first-order valence-corrected chi connectivity index (χ1v) is 8.36. The summed E-state index contributed by atoms with van der Waals surface area (Å²) in [5.74, 6) is 0. The maximum atomic E-state index is 8.47. The summed E-state index contributed by atoms with van der Waals surface area (Å²) in [7, 11) is 1.87. The molecule has 1 heteroatoms. The molecule has 24 heavy (non-hydrogen) atoms. The van der Waals surface area contributed by atoms with Crippen molar-refractivity contribution < 1.29 is 10.1 Å². The van der Waals surface area contributed by atoms with E-state index in [1.807, 2.05) is 31.5 Å². The van der Waals surface area contributed by atoms with E-state index in [0.29, 0.717) is 11.7 Å². The van der Waals surface area contributed by atoms with Crippen molar-refractivity contribution in [3.63, 3.8) is 0 Å². The average molecular weight is 323 g/mol. The predicted octanol–water partition coefficient (Wildman–Crippen LogP) is 5.55. The Kier molecular flexibility index (Phi) is 2.93. The zero-order valence-electron chi connectivity index (χ0n) is 19.4. The second-order valence-corrected chi connectivity index (χ2v) is 7.70. The Morgan fingerprint density at radius 3 is 2.46 bits per heavy atom. The standard InChI is InChI=1S/C23H28N/c1-15-12-16(2)17(3)21(13-15)22-20-9-8-19(23(4,5)6)14-18(20)10-11-24(22)7/h8-14H,1-7H3/q+1/i1D3,11D. The lowest BCUT2D eigenvalue weighted by Crippen LogP contribution is -2.31. The van der Waals surface area contributed by atoms with Crippen LogP contribution in [-0.2, 0) is 12.5 Å². The predicted molar refractivity (Wildman–Crippen MR) is 103 cm³/mol. The molecule has 0 saturated carbocycles. The van der Waals surface area contributed by atoms with Crippen LogP contribution in [-0.4, -0.2) is 0 Å². The van der Waals surface area contributed by atoms with Gasteiger partial charge in [0.1, 0.15) is 8.42 Å². The molecule has 0 aliphatic carbocycles. The van der Waals surface area contributed by atoms with Crippen molar-refractivity contribution in [1.82, 2.24) is 0 Å². The number of aromatic nitrogens is 1. The van der Waals surface area contributed by atoms with E-state index in [1.54, 1.807) is 12.1 Å². The molecule has 1 aromatic heterocycles. The van der Waals surface area contributed by atoms with Crippen LogP contribution in [0.4, 0.5) is 0 Å². The number of benzene rings is 2. The van der Waals surface area contributed by atoms with Gasteiger partial charge in [0.15, 0.2) is 6.17 Å². The number of fused-ring (bicyclic) bond motifs is 1. The molecule has 0 fully saturated rings. The quantitative estimate of drug-likeness (QED) is 0.517.